The highest BCUT2D eigenvalue weighted by atomic mass is 19.1. The van der Waals surface area contributed by atoms with Gasteiger partial charge < -0.3 is 15.8 Å². The van der Waals surface area contributed by atoms with E-state index >= 15 is 0 Å². The third-order valence-electron chi connectivity index (χ3n) is 3.07. The largest absolute Gasteiger partial charge is 0.481 e. The summed E-state index contributed by atoms with van der Waals surface area (Å²) in [5, 5.41) is 9.40. The lowest BCUT2D eigenvalue weighted by Crippen LogP contribution is -2.12. The lowest BCUT2D eigenvalue weighted by atomic mass is 10.0. The molecule has 1 aromatic heterocycles. The van der Waals surface area contributed by atoms with Gasteiger partial charge in [-0.05, 0) is 36.6 Å². The van der Waals surface area contributed by atoms with Crippen LogP contribution in [0.5, 0.6) is 0 Å². The number of aromatic amines is 1. The van der Waals surface area contributed by atoms with Crippen molar-refractivity contribution in [3.8, 4) is 0 Å². The van der Waals surface area contributed by atoms with Crippen LogP contribution in [0.1, 0.15) is 30.0 Å². The summed E-state index contributed by atoms with van der Waals surface area (Å²) in [6.07, 6.45) is 2.01. The van der Waals surface area contributed by atoms with E-state index in [1.165, 1.54) is 6.07 Å². The van der Waals surface area contributed by atoms with Crippen LogP contribution in [0, 0.1) is 12.7 Å². The van der Waals surface area contributed by atoms with Crippen LogP contribution in [-0.4, -0.2) is 16.1 Å². The molecule has 2 aromatic rings. The average molecular weight is 250 g/mol. The molecule has 1 heterocycles. The molecule has 0 saturated heterocycles. The van der Waals surface area contributed by atoms with Crippen LogP contribution in [0.2, 0.25) is 0 Å². The number of aryl methyl sites for hydroxylation is 1. The lowest BCUT2D eigenvalue weighted by molar-refractivity contribution is -0.137. The maximum Gasteiger partial charge on any atom is 0.303 e. The van der Waals surface area contributed by atoms with Crippen LogP contribution in [-0.2, 0) is 4.79 Å². The summed E-state index contributed by atoms with van der Waals surface area (Å²) in [6, 6.07) is 2.72. The van der Waals surface area contributed by atoms with Crippen LogP contribution in [0.4, 0.5) is 4.39 Å². The van der Waals surface area contributed by atoms with Crippen molar-refractivity contribution in [1.82, 2.24) is 4.98 Å². The summed E-state index contributed by atoms with van der Waals surface area (Å²) in [5.41, 5.74) is 7.91. The summed E-state index contributed by atoms with van der Waals surface area (Å²) >= 11 is 0. The van der Waals surface area contributed by atoms with E-state index in [0.717, 1.165) is 10.9 Å². The summed E-state index contributed by atoms with van der Waals surface area (Å²) in [7, 11) is 0. The molecule has 0 radical (unpaired) electrons. The number of carboxylic acids is 1. The van der Waals surface area contributed by atoms with Gasteiger partial charge in [-0.2, -0.15) is 0 Å². The van der Waals surface area contributed by atoms with Gasteiger partial charge in [0.1, 0.15) is 5.82 Å². The summed E-state index contributed by atoms with van der Waals surface area (Å²) in [4.78, 5) is 13.4. The van der Waals surface area contributed by atoms with E-state index < -0.39 is 12.0 Å². The van der Waals surface area contributed by atoms with Crippen molar-refractivity contribution in [1.29, 1.82) is 0 Å². The standard InChI is InChI=1S/C13H15FN2O2/c1-7-6-16-13-9(7)4-8(5-10(13)14)11(15)2-3-12(17)18/h4-6,11,16H,2-3,15H2,1H3,(H,17,18). The Morgan fingerprint density at radius 3 is 2.94 bits per heavy atom. The van der Waals surface area contributed by atoms with Crippen LogP contribution in [0.15, 0.2) is 18.3 Å². The van der Waals surface area contributed by atoms with Gasteiger partial charge in [0.2, 0.25) is 0 Å². The van der Waals surface area contributed by atoms with Gasteiger partial charge in [0.25, 0.3) is 0 Å². The number of aliphatic carboxylic acids is 1. The number of H-pyrrole nitrogens is 1. The molecule has 0 saturated carbocycles. The molecule has 96 valence electrons. The maximum absolute atomic E-state index is 13.8. The van der Waals surface area contributed by atoms with E-state index in [9.17, 15) is 9.18 Å². The van der Waals surface area contributed by atoms with Gasteiger partial charge in [0.05, 0.1) is 5.52 Å². The zero-order chi connectivity index (χ0) is 13.3. The molecule has 1 aromatic carbocycles. The van der Waals surface area contributed by atoms with Gasteiger partial charge in [-0.15, -0.1) is 0 Å². The second-order valence-corrected chi connectivity index (χ2v) is 4.44. The van der Waals surface area contributed by atoms with Crippen molar-refractivity contribution < 1.29 is 14.3 Å². The smallest absolute Gasteiger partial charge is 0.303 e. The van der Waals surface area contributed by atoms with Gasteiger partial charge >= 0.3 is 5.97 Å². The minimum absolute atomic E-state index is 0.0209. The molecule has 1 atom stereocenters. The Kier molecular flexibility index (Phi) is 3.34. The van der Waals surface area contributed by atoms with Crippen molar-refractivity contribution in [2.75, 3.05) is 0 Å². The molecular formula is C13H15FN2O2. The Balaban J connectivity index is 2.33. The Hall–Kier alpha value is -1.88. The number of hydrogen-bond donors (Lipinski definition) is 3. The van der Waals surface area contributed by atoms with Gasteiger partial charge in [-0.1, -0.05) is 0 Å². The Labute approximate surface area is 104 Å². The second kappa shape index (κ2) is 4.78. The topological polar surface area (TPSA) is 79.1 Å². The van der Waals surface area contributed by atoms with Crippen molar-refractivity contribution in [3.63, 3.8) is 0 Å². The highest BCUT2D eigenvalue weighted by Gasteiger charge is 2.13. The Morgan fingerprint density at radius 1 is 1.56 bits per heavy atom. The predicted molar refractivity (Wildman–Crippen MR) is 66.8 cm³/mol. The first-order chi connectivity index (χ1) is 8.49. The van der Waals surface area contributed by atoms with Crippen molar-refractivity contribution >= 4 is 16.9 Å². The van der Waals surface area contributed by atoms with Crippen LogP contribution < -0.4 is 5.73 Å². The Bertz CT molecular complexity index is 592. The third kappa shape index (κ3) is 2.36. The van der Waals surface area contributed by atoms with Crippen molar-refractivity contribution in [3.05, 3.63) is 35.3 Å². The zero-order valence-electron chi connectivity index (χ0n) is 10.0. The molecule has 5 heteroatoms. The molecular weight excluding hydrogens is 235 g/mol. The number of fused-ring (bicyclic) bond motifs is 1. The molecule has 18 heavy (non-hydrogen) atoms. The number of rotatable bonds is 4. The molecule has 0 spiro atoms. The molecule has 0 aliphatic carbocycles. The second-order valence-electron chi connectivity index (χ2n) is 4.44. The first-order valence-electron chi connectivity index (χ1n) is 5.73. The van der Waals surface area contributed by atoms with E-state index in [4.69, 9.17) is 10.8 Å². The SMILES string of the molecule is Cc1c[nH]c2c(F)cc(C(N)CCC(=O)O)cc12. The van der Waals surface area contributed by atoms with E-state index in [-0.39, 0.29) is 12.2 Å². The molecule has 0 aliphatic rings. The van der Waals surface area contributed by atoms with E-state index in [2.05, 4.69) is 4.98 Å². The van der Waals surface area contributed by atoms with Crippen molar-refractivity contribution in [2.45, 2.75) is 25.8 Å². The fourth-order valence-electron chi connectivity index (χ4n) is 2.00. The predicted octanol–water partition coefficient (Wildman–Crippen LogP) is 2.48. The highest BCUT2D eigenvalue weighted by Crippen LogP contribution is 2.26. The number of carboxylic acid groups (broad SMARTS) is 1. The molecule has 0 aliphatic heterocycles. The number of carbonyl (C=O) groups is 1. The summed E-state index contributed by atoms with van der Waals surface area (Å²) in [6.45, 7) is 1.88. The number of aromatic nitrogens is 1. The average Bonchev–Trinajstić information content (AvgIpc) is 2.68. The number of benzene rings is 1. The Morgan fingerprint density at radius 2 is 2.28 bits per heavy atom. The summed E-state index contributed by atoms with van der Waals surface area (Å²) in [5.74, 6) is -1.26. The maximum atomic E-state index is 13.8. The summed E-state index contributed by atoms with van der Waals surface area (Å²) < 4.78 is 13.8. The van der Waals surface area contributed by atoms with E-state index in [0.29, 0.717) is 17.5 Å². The molecule has 0 amide bonds. The van der Waals surface area contributed by atoms with E-state index in [1.54, 1.807) is 6.20 Å². The highest BCUT2D eigenvalue weighted by molar-refractivity contribution is 5.84. The molecule has 4 nitrogen and oxygen atoms in total. The number of nitrogens with one attached hydrogen (secondary N) is 1. The number of hydrogen-bond acceptors (Lipinski definition) is 2. The first-order valence-corrected chi connectivity index (χ1v) is 5.73. The van der Waals surface area contributed by atoms with Gasteiger partial charge in [0.15, 0.2) is 0 Å². The van der Waals surface area contributed by atoms with Crippen LogP contribution in [0.3, 0.4) is 0 Å². The fraction of sp³-hybridized carbons (Fsp3) is 0.308. The monoisotopic (exact) mass is 250 g/mol. The number of nitrogens with two attached hydrogens (primary N) is 1. The molecule has 4 N–H and O–H groups in total. The van der Waals surface area contributed by atoms with Crippen LogP contribution >= 0.6 is 0 Å². The lowest BCUT2D eigenvalue weighted by Gasteiger charge is -2.11. The number of halogens is 1. The quantitative estimate of drug-likeness (QED) is 0.780. The minimum atomic E-state index is -0.898. The van der Waals surface area contributed by atoms with Crippen molar-refractivity contribution in [2.24, 2.45) is 5.73 Å². The zero-order valence-corrected chi connectivity index (χ0v) is 10.0. The minimum Gasteiger partial charge on any atom is -0.481 e. The molecule has 0 fully saturated rings. The van der Waals surface area contributed by atoms with Gasteiger partial charge in [0, 0.05) is 24.0 Å². The van der Waals surface area contributed by atoms with Gasteiger partial charge in [-0.25, -0.2) is 4.39 Å². The third-order valence-corrected chi connectivity index (χ3v) is 3.07. The fourth-order valence-corrected chi connectivity index (χ4v) is 2.00. The molecule has 0 bridgehead atoms. The van der Waals surface area contributed by atoms with E-state index in [1.807, 2.05) is 13.0 Å². The normalized spacial score (nSPS) is 12.8. The van der Waals surface area contributed by atoms with Gasteiger partial charge in [-0.3, -0.25) is 4.79 Å². The first kappa shape index (κ1) is 12.6. The van der Waals surface area contributed by atoms with Crippen LogP contribution in [0.25, 0.3) is 10.9 Å². The molecule has 2 rings (SSSR count). The molecule has 1 unspecified atom stereocenters.